The Morgan fingerprint density at radius 1 is 0.895 bits per heavy atom. The van der Waals surface area contributed by atoms with Gasteiger partial charge in [0, 0.05) is 6.42 Å². The Kier molecular flexibility index (Phi) is 10.3. The van der Waals surface area contributed by atoms with E-state index in [0.29, 0.717) is 50.1 Å². The third kappa shape index (κ3) is 9.20. The number of nitrogens with two attached hydrogens (primary N) is 2. The number of nitrogens with zero attached hydrogens (tertiary/aromatic N) is 3. The second-order valence-electron chi connectivity index (χ2n) is 9.54. The maximum atomic E-state index is 12.4. The lowest BCUT2D eigenvalue weighted by atomic mass is 10.1. The van der Waals surface area contributed by atoms with Crippen molar-refractivity contribution in [3.63, 3.8) is 0 Å². The summed E-state index contributed by atoms with van der Waals surface area (Å²) in [5, 5.41) is 5.67. The second-order valence-corrected chi connectivity index (χ2v) is 9.90. The molecule has 6 N–H and O–H groups in total. The van der Waals surface area contributed by atoms with Crippen LogP contribution in [0.4, 0.5) is 11.6 Å². The number of amides is 2. The van der Waals surface area contributed by atoms with Crippen molar-refractivity contribution in [2.75, 3.05) is 51.7 Å². The zero-order valence-electron chi connectivity index (χ0n) is 21.7. The summed E-state index contributed by atoms with van der Waals surface area (Å²) < 4.78 is 6.40. The molecule has 10 nitrogen and oxygen atoms in total. The monoisotopic (exact) mass is 540 g/mol. The number of aromatic nitrogens is 2. The highest BCUT2D eigenvalue weighted by Crippen LogP contribution is 2.17. The topological polar surface area (TPSA) is 145 Å². The molecule has 202 valence electrons. The first-order valence-corrected chi connectivity index (χ1v) is 12.7. The maximum absolute atomic E-state index is 12.4. The summed E-state index contributed by atoms with van der Waals surface area (Å²) >= 11 is 5.84. The van der Waals surface area contributed by atoms with Crippen LogP contribution in [0.15, 0.2) is 54.6 Å². The molecule has 1 aromatic heterocycles. The van der Waals surface area contributed by atoms with Crippen molar-refractivity contribution in [3.8, 4) is 5.75 Å². The van der Waals surface area contributed by atoms with Crippen LogP contribution in [0.5, 0.6) is 5.75 Å². The fourth-order valence-corrected chi connectivity index (χ4v) is 3.74. The number of quaternary nitrogens is 1. The van der Waals surface area contributed by atoms with E-state index in [0.717, 1.165) is 16.9 Å². The Morgan fingerprint density at radius 3 is 2.24 bits per heavy atom. The average Bonchev–Trinajstić information content (AvgIpc) is 2.89. The Labute approximate surface area is 227 Å². The molecule has 0 unspecified atom stereocenters. The van der Waals surface area contributed by atoms with E-state index in [9.17, 15) is 9.59 Å². The van der Waals surface area contributed by atoms with Crippen LogP contribution in [0, 0.1) is 0 Å². The molecular weight excluding hydrogens is 506 g/mol. The summed E-state index contributed by atoms with van der Waals surface area (Å²) in [6, 6.07) is 17.8. The fraction of sp³-hybridized carbons (Fsp3) is 0.333. The molecule has 3 rings (SSSR count). The first-order chi connectivity index (χ1) is 18.1. The number of likely N-dealkylation sites (N-methyl/N-ethyl adjacent to an activating group) is 1. The lowest BCUT2D eigenvalue weighted by Gasteiger charge is -2.30. The number of hydrogen-bond acceptors (Lipinski definition) is 7. The Bertz CT molecular complexity index is 1220. The van der Waals surface area contributed by atoms with Gasteiger partial charge in [-0.15, -0.1) is 0 Å². The van der Waals surface area contributed by atoms with Crippen molar-refractivity contribution in [2.24, 2.45) is 0 Å². The van der Waals surface area contributed by atoms with Gasteiger partial charge in [-0.25, -0.2) is 9.97 Å². The zero-order chi connectivity index (χ0) is 27.5. The molecule has 0 saturated heterocycles. The number of benzene rings is 2. The van der Waals surface area contributed by atoms with Crippen molar-refractivity contribution < 1.29 is 18.8 Å². The number of rotatable bonds is 13. The van der Waals surface area contributed by atoms with Gasteiger partial charge in [0.15, 0.2) is 22.5 Å². The molecule has 0 aliphatic rings. The highest BCUT2D eigenvalue weighted by molar-refractivity contribution is 6.31. The molecule has 1 heterocycles. The number of nitrogens with one attached hydrogen (secondary N) is 2. The van der Waals surface area contributed by atoms with E-state index in [4.69, 9.17) is 27.8 Å². The zero-order valence-corrected chi connectivity index (χ0v) is 22.5. The number of aryl methyl sites for hydroxylation is 1. The van der Waals surface area contributed by atoms with Crippen LogP contribution in [-0.4, -0.2) is 66.5 Å². The van der Waals surface area contributed by atoms with Crippen LogP contribution < -0.4 is 26.8 Å². The van der Waals surface area contributed by atoms with E-state index < -0.39 is 5.91 Å². The lowest BCUT2D eigenvalue weighted by Crippen LogP contribution is -2.49. The summed E-state index contributed by atoms with van der Waals surface area (Å²) in [7, 11) is 4.04. The Hall–Kier alpha value is -3.89. The first-order valence-electron chi connectivity index (χ1n) is 12.3. The summed E-state index contributed by atoms with van der Waals surface area (Å²) in [5.74, 6) is 0.223. The van der Waals surface area contributed by atoms with E-state index >= 15 is 0 Å². The van der Waals surface area contributed by atoms with Crippen LogP contribution in [-0.2, 0) is 17.8 Å². The molecule has 0 atom stereocenters. The third-order valence-electron chi connectivity index (χ3n) is 5.97. The van der Waals surface area contributed by atoms with Gasteiger partial charge in [0.05, 0.1) is 40.3 Å². The molecule has 2 aromatic carbocycles. The van der Waals surface area contributed by atoms with Crippen molar-refractivity contribution >= 4 is 35.1 Å². The van der Waals surface area contributed by atoms with Gasteiger partial charge in [0.1, 0.15) is 12.4 Å². The minimum atomic E-state index is -0.471. The van der Waals surface area contributed by atoms with Gasteiger partial charge in [-0.3, -0.25) is 9.59 Å². The van der Waals surface area contributed by atoms with Crippen LogP contribution in [0.3, 0.4) is 0 Å². The lowest BCUT2D eigenvalue weighted by molar-refractivity contribution is -0.887. The summed E-state index contributed by atoms with van der Waals surface area (Å²) in [4.78, 5) is 32.4. The number of carbonyl (C=O) groups is 2. The smallest absolute Gasteiger partial charge is 0.273 e. The Balaban J connectivity index is 1.32. The van der Waals surface area contributed by atoms with Gasteiger partial charge in [-0.2, -0.15) is 0 Å². The van der Waals surface area contributed by atoms with Crippen LogP contribution in [0.2, 0.25) is 5.15 Å². The van der Waals surface area contributed by atoms with Crippen molar-refractivity contribution in [1.29, 1.82) is 0 Å². The molecule has 0 fully saturated rings. The normalized spacial score (nSPS) is 11.1. The van der Waals surface area contributed by atoms with Crippen molar-refractivity contribution in [2.45, 2.75) is 19.4 Å². The minimum Gasteiger partial charge on any atom is -0.489 e. The molecule has 0 saturated carbocycles. The molecule has 0 spiro atoms. The number of carbonyl (C=O) groups excluding carboxylic acids is 2. The number of ether oxygens (including phenoxy) is 1. The molecule has 38 heavy (non-hydrogen) atoms. The highest BCUT2D eigenvalue weighted by Gasteiger charge is 2.19. The molecule has 11 heteroatoms. The van der Waals surface area contributed by atoms with Crippen LogP contribution in [0.1, 0.15) is 28.0 Å². The predicted molar refractivity (Wildman–Crippen MR) is 149 cm³/mol. The van der Waals surface area contributed by atoms with Gasteiger partial charge in [0.2, 0.25) is 5.91 Å². The SMILES string of the molecule is C[N+](C)(CCNC(=O)CCc1ccc(OCc2ccccc2)cc1)CCNC(=O)c1nc(Cl)c(N)nc1N. The highest BCUT2D eigenvalue weighted by atomic mass is 35.5. The van der Waals surface area contributed by atoms with E-state index in [1.807, 2.05) is 68.7 Å². The van der Waals surface area contributed by atoms with E-state index in [1.165, 1.54) is 0 Å². The van der Waals surface area contributed by atoms with Gasteiger partial charge in [0.25, 0.3) is 5.91 Å². The molecular formula is C27H35ClN7O3+. The molecule has 2 amide bonds. The van der Waals surface area contributed by atoms with Gasteiger partial charge < -0.3 is 31.3 Å². The van der Waals surface area contributed by atoms with Gasteiger partial charge in [-0.05, 0) is 29.7 Å². The average molecular weight is 541 g/mol. The minimum absolute atomic E-state index is 0.00279. The van der Waals surface area contributed by atoms with Crippen molar-refractivity contribution in [3.05, 3.63) is 76.6 Å². The molecule has 0 aliphatic heterocycles. The molecule has 0 bridgehead atoms. The summed E-state index contributed by atoms with van der Waals surface area (Å²) in [5.41, 5.74) is 13.4. The third-order valence-corrected chi connectivity index (χ3v) is 6.25. The Morgan fingerprint density at radius 2 is 1.55 bits per heavy atom. The molecule has 3 aromatic rings. The van der Waals surface area contributed by atoms with Gasteiger partial charge >= 0.3 is 0 Å². The second kappa shape index (κ2) is 13.6. The summed E-state index contributed by atoms with van der Waals surface area (Å²) in [6.07, 6.45) is 1.05. The first kappa shape index (κ1) is 28.7. The maximum Gasteiger partial charge on any atom is 0.273 e. The molecule has 0 aliphatic carbocycles. The summed E-state index contributed by atoms with van der Waals surface area (Å²) in [6.45, 7) is 2.76. The quantitative estimate of drug-likeness (QED) is 0.244. The van der Waals surface area contributed by atoms with E-state index in [2.05, 4.69) is 20.6 Å². The van der Waals surface area contributed by atoms with Gasteiger partial charge in [-0.1, -0.05) is 54.1 Å². The largest absolute Gasteiger partial charge is 0.489 e. The van der Waals surface area contributed by atoms with Crippen LogP contribution in [0.25, 0.3) is 0 Å². The number of nitrogen functional groups attached to an aromatic ring is 2. The molecule has 0 radical (unpaired) electrons. The van der Waals surface area contributed by atoms with Crippen LogP contribution >= 0.6 is 11.6 Å². The van der Waals surface area contributed by atoms with E-state index in [-0.39, 0.29) is 28.4 Å². The standard InChI is InChI=1S/C27H34ClN7O3/c1-35(2,17-15-32-27(37)23-25(29)34-26(30)24(28)33-23)16-14-31-22(36)13-10-19-8-11-21(12-9-19)38-18-20-6-4-3-5-7-20/h3-9,11-12H,10,13-18H2,1-2H3,(H5-,29,30,31,32,34,36,37)/p+1. The number of anilines is 2. The number of halogens is 1. The van der Waals surface area contributed by atoms with Crippen molar-refractivity contribution in [1.82, 2.24) is 20.6 Å². The number of hydrogen-bond donors (Lipinski definition) is 4. The van der Waals surface area contributed by atoms with E-state index in [1.54, 1.807) is 0 Å². The fourth-order valence-electron chi connectivity index (χ4n) is 3.61. The predicted octanol–water partition coefficient (Wildman–Crippen LogP) is 2.43.